The lowest BCUT2D eigenvalue weighted by Gasteiger charge is -2.14. The van der Waals surface area contributed by atoms with Gasteiger partial charge in [-0.05, 0) is 30.7 Å². The molecule has 1 unspecified atom stereocenters. The minimum atomic E-state index is -0.564. The van der Waals surface area contributed by atoms with Crippen molar-refractivity contribution in [3.8, 4) is 5.75 Å². The van der Waals surface area contributed by atoms with Gasteiger partial charge in [0.2, 0.25) is 0 Å². The van der Waals surface area contributed by atoms with Crippen molar-refractivity contribution in [2.24, 2.45) is 0 Å². The van der Waals surface area contributed by atoms with Gasteiger partial charge in [0.1, 0.15) is 18.5 Å². The minimum Gasteiger partial charge on any atom is -0.491 e. The molecule has 5 heteroatoms. The second kappa shape index (κ2) is 7.57. The van der Waals surface area contributed by atoms with Crippen LogP contribution in [0.4, 0.5) is 0 Å². The monoisotopic (exact) mass is 273 g/mol. The fourth-order valence-electron chi connectivity index (χ4n) is 1.76. The van der Waals surface area contributed by atoms with Gasteiger partial charge >= 0.3 is 0 Å². The number of nitrogens with one attached hydrogen (secondary N) is 1. The number of nitrogens with zero attached hydrogens (tertiary/aromatic N) is 2. The van der Waals surface area contributed by atoms with E-state index < -0.39 is 6.10 Å². The van der Waals surface area contributed by atoms with Crippen LogP contribution in [0.2, 0.25) is 0 Å². The molecule has 1 aromatic carbocycles. The molecule has 0 aliphatic heterocycles. The van der Waals surface area contributed by atoms with E-state index in [1.165, 1.54) is 0 Å². The molecule has 0 saturated carbocycles. The number of benzene rings is 1. The standard InChI is InChI=1S/C15H19N3O2/c1-12-5-2-3-7-15(12)20-11-14(19)10-16-9-13-6-4-8-17-18-13/h2-8,14,16,19H,9-11H2,1H3. The second-order valence-electron chi connectivity index (χ2n) is 4.58. The topological polar surface area (TPSA) is 67.3 Å². The number of hydrogen-bond acceptors (Lipinski definition) is 5. The van der Waals surface area contributed by atoms with E-state index in [1.807, 2.05) is 43.3 Å². The van der Waals surface area contributed by atoms with Gasteiger partial charge in [0.05, 0.1) is 5.69 Å². The first-order chi connectivity index (χ1) is 9.75. The van der Waals surface area contributed by atoms with Crippen LogP contribution in [-0.2, 0) is 6.54 Å². The Morgan fingerprint density at radius 1 is 1.25 bits per heavy atom. The maximum atomic E-state index is 9.86. The summed E-state index contributed by atoms with van der Waals surface area (Å²) in [4.78, 5) is 0. The molecule has 0 fully saturated rings. The Bertz CT molecular complexity index is 520. The zero-order valence-electron chi connectivity index (χ0n) is 11.5. The van der Waals surface area contributed by atoms with Gasteiger partial charge in [0, 0.05) is 19.3 Å². The van der Waals surface area contributed by atoms with Gasteiger partial charge in [0.15, 0.2) is 0 Å². The highest BCUT2D eigenvalue weighted by Crippen LogP contribution is 2.16. The molecule has 0 aliphatic carbocycles. The molecule has 0 aliphatic rings. The Morgan fingerprint density at radius 3 is 2.85 bits per heavy atom. The maximum Gasteiger partial charge on any atom is 0.122 e. The number of para-hydroxylation sites is 1. The molecule has 5 nitrogen and oxygen atoms in total. The summed E-state index contributed by atoms with van der Waals surface area (Å²) >= 11 is 0. The van der Waals surface area contributed by atoms with E-state index in [1.54, 1.807) is 6.20 Å². The van der Waals surface area contributed by atoms with E-state index in [-0.39, 0.29) is 6.61 Å². The Kier molecular flexibility index (Phi) is 5.46. The molecule has 0 radical (unpaired) electrons. The van der Waals surface area contributed by atoms with E-state index in [0.717, 1.165) is 17.0 Å². The Morgan fingerprint density at radius 2 is 2.10 bits per heavy atom. The molecule has 106 valence electrons. The van der Waals surface area contributed by atoms with Gasteiger partial charge < -0.3 is 15.2 Å². The van der Waals surface area contributed by atoms with Crippen LogP contribution in [0.5, 0.6) is 5.75 Å². The zero-order valence-corrected chi connectivity index (χ0v) is 11.5. The van der Waals surface area contributed by atoms with Crippen LogP contribution in [0.15, 0.2) is 42.6 Å². The third-order valence-corrected chi connectivity index (χ3v) is 2.84. The van der Waals surface area contributed by atoms with Gasteiger partial charge in [-0.2, -0.15) is 10.2 Å². The number of aliphatic hydroxyl groups excluding tert-OH is 1. The lowest BCUT2D eigenvalue weighted by Crippen LogP contribution is -2.31. The fourth-order valence-corrected chi connectivity index (χ4v) is 1.76. The highest BCUT2D eigenvalue weighted by Gasteiger charge is 2.06. The van der Waals surface area contributed by atoms with Crippen molar-refractivity contribution in [1.82, 2.24) is 15.5 Å². The van der Waals surface area contributed by atoms with Gasteiger partial charge in [-0.25, -0.2) is 0 Å². The summed E-state index contributed by atoms with van der Waals surface area (Å²) in [6.07, 6.45) is 1.07. The number of aliphatic hydroxyl groups is 1. The molecule has 1 heterocycles. The summed E-state index contributed by atoms with van der Waals surface area (Å²) in [6, 6.07) is 11.5. The highest BCUT2D eigenvalue weighted by atomic mass is 16.5. The normalized spacial score (nSPS) is 12.1. The van der Waals surface area contributed by atoms with Gasteiger partial charge in [-0.1, -0.05) is 18.2 Å². The molecule has 2 rings (SSSR count). The number of aromatic nitrogens is 2. The van der Waals surface area contributed by atoms with Crippen LogP contribution >= 0.6 is 0 Å². The van der Waals surface area contributed by atoms with Crippen molar-refractivity contribution in [2.75, 3.05) is 13.2 Å². The number of hydrogen-bond donors (Lipinski definition) is 2. The van der Waals surface area contributed by atoms with Crippen LogP contribution < -0.4 is 10.1 Å². The second-order valence-corrected chi connectivity index (χ2v) is 4.58. The fraction of sp³-hybridized carbons (Fsp3) is 0.333. The summed E-state index contributed by atoms with van der Waals surface area (Å²) in [7, 11) is 0. The van der Waals surface area contributed by atoms with E-state index in [0.29, 0.717) is 13.1 Å². The Labute approximate surface area is 118 Å². The third kappa shape index (κ3) is 4.60. The first kappa shape index (κ1) is 14.4. The first-order valence-electron chi connectivity index (χ1n) is 6.59. The SMILES string of the molecule is Cc1ccccc1OCC(O)CNCc1cccnn1. The van der Waals surface area contributed by atoms with Gasteiger partial charge in [0.25, 0.3) is 0 Å². The molecule has 1 aromatic heterocycles. The molecular formula is C15H19N3O2. The number of rotatable bonds is 7. The summed E-state index contributed by atoms with van der Waals surface area (Å²) in [6.45, 7) is 3.27. The molecule has 20 heavy (non-hydrogen) atoms. The highest BCUT2D eigenvalue weighted by molar-refractivity contribution is 5.31. The molecule has 0 saturated heterocycles. The molecule has 2 aromatic rings. The molecule has 0 spiro atoms. The smallest absolute Gasteiger partial charge is 0.122 e. The van der Waals surface area contributed by atoms with Crippen LogP contribution in [0.1, 0.15) is 11.3 Å². The molecular weight excluding hydrogens is 254 g/mol. The average molecular weight is 273 g/mol. The largest absolute Gasteiger partial charge is 0.491 e. The van der Waals surface area contributed by atoms with Crippen molar-refractivity contribution in [1.29, 1.82) is 0 Å². The molecule has 0 amide bonds. The van der Waals surface area contributed by atoms with Gasteiger partial charge in [-0.15, -0.1) is 0 Å². The van der Waals surface area contributed by atoms with Crippen LogP contribution in [-0.4, -0.2) is 34.6 Å². The number of aryl methyl sites for hydroxylation is 1. The summed E-state index contributed by atoms with van der Waals surface area (Å²) in [5.41, 5.74) is 1.91. The van der Waals surface area contributed by atoms with E-state index >= 15 is 0 Å². The lowest BCUT2D eigenvalue weighted by molar-refractivity contribution is 0.106. The van der Waals surface area contributed by atoms with E-state index in [9.17, 15) is 5.11 Å². The molecule has 0 bridgehead atoms. The Hall–Kier alpha value is -1.98. The predicted molar refractivity (Wildman–Crippen MR) is 76.4 cm³/mol. The first-order valence-corrected chi connectivity index (χ1v) is 6.59. The van der Waals surface area contributed by atoms with Crippen LogP contribution in [0.25, 0.3) is 0 Å². The van der Waals surface area contributed by atoms with Crippen LogP contribution in [0, 0.1) is 6.92 Å². The van der Waals surface area contributed by atoms with Crippen molar-refractivity contribution >= 4 is 0 Å². The summed E-state index contributed by atoms with van der Waals surface area (Å²) < 4.78 is 5.58. The lowest BCUT2D eigenvalue weighted by atomic mass is 10.2. The summed E-state index contributed by atoms with van der Waals surface area (Å²) in [5.74, 6) is 0.806. The van der Waals surface area contributed by atoms with Crippen molar-refractivity contribution < 1.29 is 9.84 Å². The molecule has 1 atom stereocenters. The quantitative estimate of drug-likeness (QED) is 0.796. The third-order valence-electron chi connectivity index (χ3n) is 2.84. The van der Waals surface area contributed by atoms with E-state index in [4.69, 9.17) is 4.74 Å². The zero-order chi connectivity index (χ0) is 14.2. The molecule has 2 N–H and O–H groups in total. The maximum absolute atomic E-state index is 9.86. The average Bonchev–Trinajstić information content (AvgIpc) is 2.47. The number of ether oxygens (including phenoxy) is 1. The van der Waals surface area contributed by atoms with Gasteiger partial charge in [-0.3, -0.25) is 0 Å². The van der Waals surface area contributed by atoms with Crippen LogP contribution in [0.3, 0.4) is 0 Å². The summed E-state index contributed by atoms with van der Waals surface area (Å²) in [5, 5.41) is 20.7. The van der Waals surface area contributed by atoms with Crippen molar-refractivity contribution in [2.45, 2.75) is 19.6 Å². The Balaban J connectivity index is 1.68. The van der Waals surface area contributed by atoms with Crippen molar-refractivity contribution in [3.05, 3.63) is 53.9 Å². The van der Waals surface area contributed by atoms with Crippen molar-refractivity contribution in [3.63, 3.8) is 0 Å². The van der Waals surface area contributed by atoms with E-state index in [2.05, 4.69) is 15.5 Å². The minimum absolute atomic E-state index is 0.262. The predicted octanol–water partition coefficient (Wildman–Crippen LogP) is 1.31.